The minimum atomic E-state index is -4.82. The summed E-state index contributed by atoms with van der Waals surface area (Å²) < 4.78 is 90.9. The fourth-order valence-electron chi connectivity index (χ4n) is 5.52. The van der Waals surface area contributed by atoms with E-state index in [4.69, 9.17) is 4.42 Å². The lowest BCUT2D eigenvalue weighted by Crippen LogP contribution is -2.08. The van der Waals surface area contributed by atoms with E-state index in [0.29, 0.717) is 27.3 Å². The Morgan fingerprint density at radius 3 is 1.84 bits per heavy atom. The zero-order chi connectivity index (χ0) is 26.7. The van der Waals surface area contributed by atoms with Gasteiger partial charge in [0.2, 0.25) is 0 Å². The molecule has 0 aliphatic heterocycles. The van der Waals surface area contributed by atoms with E-state index in [1.807, 2.05) is 0 Å². The Bertz CT molecular complexity index is 2240. The number of nitrogens with zero attached hydrogens (tertiary/aromatic N) is 3. The van der Waals surface area contributed by atoms with Gasteiger partial charge in [-0.25, -0.2) is 0 Å². The van der Waals surface area contributed by atoms with Crippen LogP contribution in [-0.4, -0.2) is 4.40 Å². The number of aromatic nitrogens is 1. The topological polar surface area (TPSA) is 65.1 Å². The number of hydrogen-bond acceptors (Lipinski definition) is 3. The van der Waals surface area contributed by atoms with Gasteiger partial charge in [0.05, 0.1) is 56.3 Å². The van der Waals surface area contributed by atoms with E-state index in [9.17, 15) is 36.9 Å². The zero-order valence-electron chi connectivity index (χ0n) is 18.7. The first-order valence-electron chi connectivity index (χ1n) is 11.1. The molecule has 0 aliphatic rings. The van der Waals surface area contributed by atoms with Crippen LogP contribution in [0.2, 0.25) is 0 Å². The maximum absolute atomic E-state index is 13.9. The number of para-hydroxylation sites is 1. The fraction of sp³-hybridized carbons (Fsp3) is 0.0714. The summed E-state index contributed by atoms with van der Waals surface area (Å²) in [5.74, 6) is 0. The van der Waals surface area contributed by atoms with Crippen molar-refractivity contribution in [1.29, 1.82) is 10.5 Å². The SMILES string of the molecule is N#Cc1cc2c(cc1C(F)(F)F)c1cc3c4ccccc4oc3c3c4cc(C(F)(F)F)c(C#N)cc4n2c13. The highest BCUT2D eigenvalue weighted by molar-refractivity contribution is 6.33. The van der Waals surface area contributed by atoms with E-state index in [1.165, 1.54) is 4.40 Å². The summed E-state index contributed by atoms with van der Waals surface area (Å²) in [6.45, 7) is 0. The van der Waals surface area contributed by atoms with Gasteiger partial charge in [-0.1, -0.05) is 18.2 Å². The molecule has 0 unspecified atom stereocenters. The molecular weight excluding hydrogens is 508 g/mol. The third-order valence-electron chi connectivity index (χ3n) is 7.03. The molecule has 0 amide bonds. The van der Waals surface area contributed by atoms with Crippen LogP contribution in [0.15, 0.2) is 59.0 Å². The van der Waals surface area contributed by atoms with Gasteiger partial charge in [-0.2, -0.15) is 36.9 Å². The quantitative estimate of drug-likeness (QED) is 0.190. The second kappa shape index (κ2) is 6.87. The van der Waals surface area contributed by atoms with Crippen molar-refractivity contribution in [2.75, 3.05) is 0 Å². The van der Waals surface area contributed by atoms with Gasteiger partial charge in [0.15, 0.2) is 0 Å². The van der Waals surface area contributed by atoms with Gasteiger partial charge in [-0.3, -0.25) is 0 Å². The third-order valence-corrected chi connectivity index (χ3v) is 7.03. The van der Waals surface area contributed by atoms with Crippen LogP contribution in [0, 0.1) is 22.7 Å². The van der Waals surface area contributed by atoms with Gasteiger partial charge in [-0.15, -0.1) is 0 Å². The van der Waals surface area contributed by atoms with Gasteiger partial charge < -0.3 is 8.82 Å². The molecule has 0 aliphatic carbocycles. The summed E-state index contributed by atoms with van der Waals surface area (Å²) in [5.41, 5.74) is -2.05. The Morgan fingerprint density at radius 2 is 1.24 bits per heavy atom. The third kappa shape index (κ3) is 2.69. The lowest BCUT2D eigenvalue weighted by atomic mass is 9.98. The number of benzene rings is 4. The minimum absolute atomic E-state index is 0.126. The highest BCUT2D eigenvalue weighted by Gasteiger charge is 2.37. The number of halogens is 6. The molecule has 0 N–H and O–H groups in total. The normalized spacial score (nSPS) is 12.9. The molecule has 0 spiro atoms. The Hall–Kier alpha value is -4.96. The van der Waals surface area contributed by atoms with Crippen molar-refractivity contribution in [2.24, 2.45) is 0 Å². The van der Waals surface area contributed by atoms with Crippen LogP contribution in [0.25, 0.3) is 60.0 Å². The number of alkyl halides is 6. The highest BCUT2D eigenvalue weighted by atomic mass is 19.4. The summed E-state index contributed by atoms with van der Waals surface area (Å²) in [6.07, 6.45) is -9.63. The monoisotopic (exact) mass is 517 g/mol. The number of nitriles is 2. The van der Waals surface area contributed by atoms with E-state index >= 15 is 0 Å². The average molecular weight is 517 g/mol. The van der Waals surface area contributed by atoms with Crippen LogP contribution in [0.1, 0.15) is 22.3 Å². The van der Waals surface area contributed by atoms with Crippen LogP contribution in [0.3, 0.4) is 0 Å². The van der Waals surface area contributed by atoms with Crippen molar-refractivity contribution >= 4 is 60.0 Å². The minimum Gasteiger partial charge on any atom is -0.455 e. The first-order valence-corrected chi connectivity index (χ1v) is 11.1. The molecule has 10 heteroatoms. The first kappa shape index (κ1) is 22.3. The molecule has 4 nitrogen and oxygen atoms in total. The van der Waals surface area contributed by atoms with Crippen molar-refractivity contribution in [3.63, 3.8) is 0 Å². The van der Waals surface area contributed by atoms with Crippen molar-refractivity contribution < 1.29 is 30.8 Å². The smallest absolute Gasteiger partial charge is 0.417 e. The van der Waals surface area contributed by atoms with Crippen LogP contribution in [0.5, 0.6) is 0 Å². The Balaban J connectivity index is 1.83. The van der Waals surface area contributed by atoms with Crippen molar-refractivity contribution in [3.8, 4) is 12.1 Å². The van der Waals surface area contributed by atoms with E-state index in [1.54, 1.807) is 42.5 Å². The van der Waals surface area contributed by atoms with Crippen LogP contribution in [-0.2, 0) is 12.4 Å². The van der Waals surface area contributed by atoms with Crippen LogP contribution < -0.4 is 0 Å². The molecule has 7 rings (SSSR count). The van der Waals surface area contributed by atoms with E-state index in [2.05, 4.69) is 0 Å². The number of fused-ring (bicyclic) bond motifs is 10. The first-order chi connectivity index (χ1) is 18.0. The average Bonchev–Trinajstić information content (AvgIpc) is 3.51. The number of furan rings is 1. The molecule has 0 atom stereocenters. The summed E-state index contributed by atoms with van der Waals surface area (Å²) in [6, 6.07) is 15.7. The zero-order valence-corrected chi connectivity index (χ0v) is 18.7. The van der Waals surface area contributed by atoms with Crippen LogP contribution >= 0.6 is 0 Å². The predicted octanol–water partition coefficient (Wildman–Crippen LogP) is 8.52. The maximum atomic E-state index is 13.9. The van der Waals surface area contributed by atoms with E-state index in [0.717, 1.165) is 24.3 Å². The lowest BCUT2D eigenvalue weighted by Gasteiger charge is -2.11. The summed E-state index contributed by atoms with van der Waals surface area (Å²) >= 11 is 0. The Labute approximate surface area is 207 Å². The molecule has 3 aromatic heterocycles. The molecule has 184 valence electrons. The van der Waals surface area contributed by atoms with Gasteiger partial charge >= 0.3 is 12.4 Å². The molecule has 0 saturated carbocycles. The standard InChI is InChI=1S/C28H9F6N3O/c29-27(30,31)19-8-15-16-7-17-14-3-1-2-4-23(14)38-26(17)24-18-9-20(28(32,33)34)13(11-36)6-22(18)37(25(16)24)21(15)5-12(19)10-35/h1-9H. The summed E-state index contributed by atoms with van der Waals surface area (Å²) in [4.78, 5) is 0. The van der Waals surface area contributed by atoms with Gasteiger partial charge in [0.1, 0.15) is 11.2 Å². The van der Waals surface area contributed by atoms with Crippen molar-refractivity contribution in [1.82, 2.24) is 4.40 Å². The second-order valence-electron chi connectivity index (χ2n) is 9.01. The molecule has 0 fully saturated rings. The molecule has 0 bridgehead atoms. The summed E-state index contributed by atoms with van der Waals surface area (Å²) in [7, 11) is 0. The van der Waals surface area contributed by atoms with E-state index in [-0.39, 0.29) is 32.8 Å². The van der Waals surface area contributed by atoms with E-state index < -0.39 is 34.6 Å². The fourth-order valence-corrected chi connectivity index (χ4v) is 5.52. The molecule has 4 aromatic carbocycles. The Morgan fingerprint density at radius 1 is 0.658 bits per heavy atom. The Kier molecular flexibility index (Phi) is 4.02. The van der Waals surface area contributed by atoms with Gasteiger partial charge in [0.25, 0.3) is 0 Å². The highest BCUT2D eigenvalue weighted by Crippen LogP contribution is 2.48. The van der Waals surface area contributed by atoms with Crippen LogP contribution in [0.4, 0.5) is 26.3 Å². The number of hydrogen-bond donors (Lipinski definition) is 0. The lowest BCUT2D eigenvalue weighted by molar-refractivity contribution is -0.138. The second-order valence-corrected chi connectivity index (χ2v) is 9.01. The predicted molar refractivity (Wildman–Crippen MR) is 128 cm³/mol. The van der Waals surface area contributed by atoms with Gasteiger partial charge in [-0.05, 0) is 36.4 Å². The number of rotatable bonds is 0. The van der Waals surface area contributed by atoms with Gasteiger partial charge in [0, 0.05) is 26.9 Å². The summed E-state index contributed by atoms with van der Waals surface area (Å²) in [5, 5.41) is 21.1. The molecule has 3 heterocycles. The molecule has 38 heavy (non-hydrogen) atoms. The van der Waals surface area contributed by atoms with Crippen molar-refractivity contribution in [2.45, 2.75) is 12.4 Å². The largest absolute Gasteiger partial charge is 0.455 e. The maximum Gasteiger partial charge on any atom is 0.417 e. The molecule has 7 aromatic rings. The molecule has 0 radical (unpaired) electrons. The van der Waals surface area contributed by atoms with Crippen molar-refractivity contribution in [3.05, 3.63) is 76.9 Å². The molecule has 0 saturated heterocycles. The molecular formula is C28H9F6N3O.